The molecule has 0 unspecified atom stereocenters. The molecular formula is C16H22Hf. The monoisotopic (exact) mass is 394 g/mol. The van der Waals surface area contributed by atoms with E-state index in [0.29, 0.717) is 6.34 Å². The van der Waals surface area contributed by atoms with Crippen molar-refractivity contribution in [2.75, 3.05) is 0 Å². The molecule has 0 atom stereocenters. The van der Waals surface area contributed by atoms with Gasteiger partial charge in [0.25, 0.3) is 0 Å². The SMILES string of the molecule is CCC[C]1([Hf][C]2(CCC)C=CC=C2)C=CC=C1. The van der Waals surface area contributed by atoms with Crippen LogP contribution in [0.2, 0.25) is 6.34 Å². The van der Waals surface area contributed by atoms with E-state index >= 15 is 0 Å². The molecule has 0 aromatic rings. The van der Waals surface area contributed by atoms with Crippen LogP contribution in [0.1, 0.15) is 39.5 Å². The molecule has 2 aliphatic rings. The van der Waals surface area contributed by atoms with E-state index in [2.05, 4.69) is 62.5 Å². The number of hydrogen-bond donors (Lipinski definition) is 0. The molecule has 0 aromatic carbocycles. The standard InChI is InChI=1S/2C8H11.Hf/c2*1-2-5-8-6-3-4-7-8;/h2*3-4,6-7H,2,5H2,1H3;. The molecular weight excluding hydrogens is 371 g/mol. The van der Waals surface area contributed by atoms with E-state index < -0.39 is 22.9 Å². The van der Waals surface area contributed by atoms with Gasteiger partial charge in [0.15, 0.2) is 0 Å². The first-order chi connectivity index (χ1) is 8.24. The summed E-state index contributed by atoms with van der Waals surface area (Å²) in [4.78, 5) is 0. The van der Waals surface area contributed by atoms with E-state index in [-0.39, 0.29) is 0 Å². The molecule has 2 rings (SSSR count). The van der Waals surface area contributed by atoms with Gasteiger partial charge in [0.1, 0.15) is 0 Å². The first kappa shape index (κ1) is 13.3. The second-order valence-electron chi connectivity index (χ2n) is 5.14. The Morgan fingerprint density at radius 2 is 1.06 bits per heavy atom. The third kappa shape index (κ3) is 2.99. The number of allylic oxidation sites excluding steroid dienone is 8. The second kappa shape index (κ2) is 5.65. The zero-order valence-corrected chi connectivity index (χ0v) is 14.5. The molecule has 2 aliphatic carbocycles. The molecule has 0 aliphatic heterocycles. The van der Waals surface area contributed by atoms with Crippen molar-refractivity contribution < 1.29 is 22.9 Å². The van der Waals surface area contributed by atoms with Crippen LogP contribution in [0.5, 0.6) is 0 Å². The summed E-state index contributed by atoms with van der Waals surface area (Å²) in [5.41, 5.74) is 0. The predicted octanol–water partition coefficient (Wildman–Crippen LogP) is 5.24. The minimum atomic E-state index is -0.801. The summed E-state index contributed by atoms with van der Waals surface area (Å²) in [5, 5.41) is 0. The van der Waals surface area contributed by atoms with Gasteiger partial charge in [-0.25, -0.2) is 0 Å². The van der Waals surface area contributed by atoms with Crippen molar-refractivity contribution >= 4 is 0 Å². The van der Waals surface area contributed by atoms with Crippen molar-refractivity contribution in [1.29, 1.82) is 0 Å². The molecule has 0 aromatic heterocycles. The summed E-state index contributed by atoms with van der Waals surface area (Å²) in [7, 11) is 0. The summed E-state index contributed by atoms with van der Waals surface area (Å²) >= 11 is -0.801. The zero-order valence-electron chi connectivity index (χ0n) is 10.9. The first-order valence-electron chi connectivity index (χ1n) is 6.78. The molecule has 0 amide bonds. The Hall–Kier alpha value is -0.170. The summed E-state index contributed by atoms with van der Waals surface area (Å²) in [6.45, 7) is 4.63. The van der Waals surface area contributed by atoms with Crippen molar-refractivity contribution in [3.8, 4) is 0 Å². The topological polar surface area (TPSA) is 0 Å². The van der Waals surface area contributed by atoms with Gasteiger partial charge in [0.2, 0.25) is 0 Å². The van der Waals surface area contributed by atoms with Gasteiger partial charge >= 0.3 is 117 Å². The van der Waals surface area contributed by atoms with Gasteiger partial charge in [-0.3, -0.25) is 0 Å². The molecule has 1 heteroatoms. The zero-order chi connectivity index (χ0) is 12.2. The third-order valence-corrected chi connectivity index (χ3v) is 11.1. The normalized spacial score (nSPS) is 22.5. The molecule has 0 saturated heterocycles. The summed E-state index contributed by atoms with van der Waals surface area (Å²) in [6.07, 6.45) is 24.4. The van der Waals surface area contributed by atoms with E-state index in [1.807, 2.05) is 0 Å². The molecule has 0 fully saturated rings. The van der Waals surface area contributed by atoms with Crippen LogP contribution in [-0.4, -0.2) is 0 Å². The van der Waals surface area contributed by atoms with Crippen LogP contribution in [0.15, 0.2) is 48.6 Å². The fraction of sp³-hybridized carbons (Fsp3) is 0.500. The Labute approximate surface area is 117 Å². The van der Waals surface area contributed by atoms with E-state index in [0.717, 1.165) is 0 Å². The van der Waals surface area contributed by atoms with E-state index in [4.69, 9.17) is 0 Å². The number of rotatable bonds is 6. The number of hydrogen-bond acceptors (Lipinski definition) is 0. The molecule has 0 saturated carbocycles. The molecule has 0 bridgehead atoms. The quantitative estimate of drug-likeness (QED) is 0.542. The average molecular weight is 393 g/mol. The van der Waals surface area contributed by atoms with Gasteiger partial charge in [0, 0.05) is 0 Å². The first-order valence-corrected chi connectivity index (χ1v) is 10.4. The van der Waals surface area contributed by atoms with Crippen LogP contribution in [0, 0.1) is 0 Å². The summed E-state index contributed by atoms with van der Waals surface area (Å²) < 4.78 is 1.01. The van der Waals surface area contributed by atoms with Gasteiger partial charge in [-0.2, -0.15) is 0 Å². The van der Waals surface area contributed by atoms with Crippen molar-refractivity contribution in [2.24, 2.45) is 0 Å². The van der Waals surface area contributed by atoms with Crippen LogP contribution >= 0.6 is 0 Å². The fourth-order valence-electron chi connectivity index (χ4n) is 2.91. The van der Waals surface area contributed by atoms with Crippen molar-refractivity contribution in [3.05, 3.63) is 48.6 Å². The Kier molecular flexibility index (Phi) is 4.41. The van der Waals surface area contributed by atoms with Crippen LogP contribution in [0.4, 0.5) is 0 Å². The average Bonchev–Trinajstić information content (AvgIpc) is 2.91. The molecule has 0 radical (unpaired) electrons. The Morgan fingerprint density at radius 1 is 0.706 bits per heavy atom. The van der Waals surface area contributed by atoms with Gasteiger partial charge in [-0.05, 0) is 0 Å². The second-order valence-corrected chi connectivity index (χ2v) is 12.7. The van der Waals surface area contributed by atoms with Gasteiger partial charge in [-0.15, -0.1) is 0 Å². The van der Waals surface area contributed by atoms with Crippen molar-refractivity contribution in [3.63, 3.8) is 0 Å². The van der Waals surface area contributed by atoms with Crippen molar-refractivity contribution in [1.82, 2.24) is 0 Å². The fourth-order valence-corrected chi connectivity index (χ4v) is 11.3. The Bertz CT molecular complexity index is 311. The maximum absolute atomic E-state index is 2.50. The van der Waals surface area contributed by atoms with Gasteiger partial charge in [0.05, 0.1) is 0 Å². The maximum atomic E-state index is 2.50. The van der Waals surface area contributed by atoms with Gasteiger partial charge < -0.3 is 0 Å². The molecule has 17 heavy (non-hydrogen) atoms. The Balaban J connectivity index is 2.17. The Morgan fingerprint density at radius 3 is 1.35 bits per heavy atom. The van der Waals surface area contributed by atoms with Crippen LogP contribution < -0.4 is 0 Å². The van der Waals surface area contributed by atoms with Crippen LogP contribution in [-0.2, 0) is 22.9 Å². The molecule has 0 nitrogen and oxygen atoms in total. The molecule has 0 spiro atoms. The minimum absolute atomic E-state index is 0.503. The van der Waals surface area contributed by atoms with Crippen molar-refractivity contribution in [2.45, 2.75) is 45.9 Å². The summed E-state index contributed by atoms with van der Waals surface area (Å²) in [5.74, 6) is 0. The molecule has 0 heterocycles. The van der Waals surface area contributed by atoms with Crippen LogP contribution in [0.25, 0.3) is 0 Å². The molecule has 90 valence electrons. The van der Waals surface area contributed by atoms with E-state index in [1.54, 1.807) is 0 Å². The summed E-state index contributed by atoms with van der Waals surface area (Å²) in [6, 6.07) is 0. The van der Waals surface area contributed by atoms with Crippen LogP contribution in [0.3, 0.4) is 0 Å². The van der Waals surface area contributed by atoms with E-state index in [9.17, 15) is 0 Å². The molecule has 0 N–H and O–H groups in total. The predicted molar refractivity (Wildman–Crippen MR) is 71.8 cm³/mol. The third-order valence-electron chi connectivity index (χ3n) is 3.59. The van der Waals surface area contributed by atoms with Gasteiger partial charge in [-0.1, -0.05) is 0 Å². The van der Waals surface area contributed by atoms with E-state index in [1.165, 1.54) is 25.7 Å².